The van der Waals surface area contributed by atoms with E-state index in [1.54, 1.807) is 0 Å². The first kappa shape index (κ1) is 35.9. The van der Waals surface area contributed by atoms with Gasteiger partial charge in [-0.1, -0.05) is 68.2 Å². The molecular weight excluding hydrogens is 525 g/mol. The second-order valence-corrected chi connectivity index (χ2v) is 23.3. The summed E-state index contributed by atoms with van der Waals surface area (Å²) in [5.74, 6) is 2.63. The Balaban J connectivity index is 2.34. The van der Waals surface area contributed by atoms with Crippen LogP contribution in [0.3, 0.4) is 0 Å². The fourth-order valence-corrected chi connectivity index (χ4v) is 9.88. The third kappa shape index (κ3) is 11.1. The lowest BCUT2D eigenvalue weighted by molar-refractivity contribution is 0.251. The van der Waals surface area contributed by atoms with Crippen molar-refractivity contribution in [2.45, 2.75) is 169 Å². The molecule has 2 aliphatic carbocycles. The minimum absolute atomic E-state index is 0.425. The zero-order valence-electron chi connectivity index (χ0n) is 28.5. The quantitative estimate of drug-likeness (QED) is 0.0958. The molecule has 0 aromatic heterocycles. The molecule has 0 N–H and O–H groups in total. The van der Waals surface area contributed by atoms with E-state index in [1.807, 2.05) is 0 Å². The van der Waals surface area contributed by atoms with E-state index >= 15 is 0 Å². The summed E-state index contributed by atoms with van der Waals surface area (Å²) in [5, 5.41) is 0. The van der Waals surface area contributed by atoms with Crippen LogP contribution in [-0.4, -0.2) is 53.4 Å². The summed E-state index contributed by atoms with van der Waals surface area (Å²) >= 11 is 0. The maximum Gasteiger partial charge on any atom is 0.189 e. The van der Waals surface area contributed by atoms with Gasteiger partial charge in [0.25, 0.3) is 0 Å². The second kappa shape index (κ2) is 17.7. The Morgan fingerprint density at radius 3 is 1.15 bits per heavy atom. The molecule has 4 nitrogen and oxygen atoms in total. The number of rotatable bonds is 17. The molecule has 0 saturated heterocycles. The third-order valence-corrected chi connectivity index (χ3v) is 18.7. The van der Waals surface area contributed by atoms with Crippen LogP contribution in [0.1, 0.15) is 120 Å². The molecule has 0 radical (unpaired) electrons. The lowest BCUT2D eigenvalue weighted by atomic mass is 9.78. The van der Waals surface area contributed by atoms with Gasteiger partial charge in [-0.05, 0) is 112 Å². The fraction of sp³-hybridized carbons (Fsp3) is 0.941. The molecule has 0 spiro atoms. The van der Waals surface area contributed by atoms with Gasteiger partial charge < -0.3 is 8.85 Å². The van der Waals surface area contributed by atoms with Crippen molar-refractivity contribution < 1.29 is 8.85 Å². The van der Waals surface area contributed by atoms with Gasteiger partial charge in [-0.25, -0.2) is 0 Å². The number of nitrogens with zero attached hydrogens (tertiary/aromatic N) is 2. The molecule has 6 heteroatoms. The molecule has 0 aliphatic heterocycles. The summed E-state index contributed by atoms with van der Waals surface area (Å²) in [5.41, 5.74) is 2.61. The summed E-state index contributed by atoms with van der Waals surface area (Å²) < 4.78 is 13.1. The smallest absolute Gasteiger partial charge is 0.189 e. The van der Waals surface area contributed by atoms with Crippen molar-refractivity contribution >= 4 is 28.1 Å². The van der Waals surface area contributed by atoms with Gasteiger partial charge in [0, 0.05) is 13.2 Å². The Hall–Kier alpha value is -0.306. The van der Waals surface area contributed by atoms with Crippen molar-refractivity contribution in [3.63, 3.8) is 0 Å². The van der Waals surface area contributed by atoms with Crippen LogP contribution < -0.4 is 0 Å². The molecule has 2 aliphatic rings. The number of hydrogen-bond acceptors (Lipinski definition) is 4. The molecule has 2 saturated carbocycles. The van der Waals surface area contributed by atoms with Crippen molar-refractivity contribution in [3.8, 4) is 0 Å². The standard InChI is InChI=1S/C34H68N2O2Si2/c1-11-39(9,12-2)37-25-17-23-31(35-33-27(5)19-15-20-28(33)6)32(24-18-26-38-40(10,13-3)14-4)36-34-29(7)21-16-22-30(34)8/h27-30,33-34H,11-26H2,1-10H3. The van der Waals surface area contributed by atoms with E-state index in [-0.39, 0.29) is 0 Å². The Labute approximate surface area is 252 Å². The Morgan fingerprint density at radius 1 is 0.575 bits per heavy atom. The molecule has 0 heterocycles. The van der Waals surface area contributed by atoms with Crippen LogP contribution in [0.4, 0.5) is 0 Å². The molecule has 40 heavy (non-hydrogen) atoms. The van der Waals surface area contributed by atoms with Crippen LogP contribution in [0.25, 0.3) is 0 Å². The molecule has 0 aromatic carbocycles. The first-order valence-electron chi connectivity index (χ1n) is 17.4. The van der Waals surface area contributed by atoms with Gasteiger partial charge in [0.15, 0.2) is 16.6 Å². The topological polar surface area (TPSA) is 43.2 Å². The summed E-state index contributed by atoms with van der Waals surface area (Å²) in [7, 11) is -3.10. The van der Waals surface area contributed by atoms with E-state index in [0.717, 1.165) is 38.9 Å². The number of hydrogen-bond donors (Lipinski definition) is 0. The van der Waals surface area contributed by atoms with Gasteiger partial charge in [0.05, 0.1) is 23.5 Å². The molecule has 0 bridgehead atoms. The molecule has 2 fully saturated rings. The van der Waals surface area contributed by atoms with Gasteiger partial charge in [0.1, 0.15) is 0 Å². The SMILES string of the molecule is CC[Si](C)(CC)OCCCC(=NC1C(C)CCCC1C)C(CCCO[Si](C)(CC)CC)=NC1C(C)CCCC1C. The zero-order valence-corrected chi connectivity index (χ0v) is 30.5. The maximum atomic E-state index is 6.56. The molecule has 0 aromatic rings. The zero-order chi connectivity index (χ0) is 29.8. The van der Waals surface area contributed by atoms with Crippen LogP contribution in [0.2, 0.25) is 37.3 Å². The predicted molar refractivity (Wildman–Crippen MR) is 182 cm³/mol. The average Bonchev–Trinajstić information content (AvgIpc) is 2.95. The summed E-state index contributed by atoms with van der Waals surface area (Å²) in [6, 6.07) is 5.64. The van der Waals surface area contributed by atoms with Crippen molar-refractivity contribution in [1.82, 2.24) is 0 Å². The lowest BCUT2D eigenvalue weighted by Crippen LogP contribution is -2.35. The van der Waals surface area contributed by atoms with Gasteiger partial charge in [-0.15, -0.1) is 0 Å². The summed E-state index contributed by atoms with van der Waals surface area (Å²) in [6.45, 7) is 25.5. The van der Waals surface area contributed by atoms with Gasteiger partial charge in [-0.2, -0.15) is 0 Å². The Bertz CT molecular complexity index is 694. The monoisotopic (exact) mass is 592 g/mol. The van der Waals surface area contributed by atoms with Gasteiger partial charge in [-0.3, -0.25) is 9.98 Å². The van der Waals surface area contributed by atoms with Crippen LogP contribution in [-0.2, 0) is 8.85 Å². The van der Waals surface area contributed by atoms with Crippen LogP contribution in [0, 0.1) is 23.7 Å². The minimum Gasteiger partial charge on any atom is -0.417 e. The highest BCUT2D eigenvalue weighted by molar-refractivity contribution is 6.72. The van der Waals surface area contributed by atoms with Gasteiger partial charge >= 0.3 is 0 Å². The third-order valence-electron chi connectivity index (χ3n) is 10.9. The van der Waals surface area contributed by atoms with Crippen LogP contribution in [0.15, 0.2) is 9.98 Å². The first-order valence-corrected chi connectivity index (χ1v) is 23.1. The molecule has 2 rings (SSSR count). The largest absolute Gasteiger partial charge is 0.417 e. The van der Waals surface area contributed by atoms with Crippen molar-refractivity contribution in [3.05, 3.63) is 0 Å². The highest BCUT2D eigenvalue weighted by Crippen LogP contribution is 2.34. The molecule has 234 valence electrons. The van der Waals surface area contributed by atoms with E-state index in [4.69, 9.17) is 18.8 Å². The van der Waals surface area contributed by atoms with E-state index in [2.05, 4.69) is 68.5 Å². The number of aliphatic imine (C=N–C) groups is 2. The predicted octanol–water partition coefficient (Wildman–Crippen LogP) is 10.3. The van der Waals surface area contributed by atoms with Crippen LogP contribution >= 0.6 is 0 Å². The minimum atomic E-state index is -1.55. The van der Waals surface area contributed by atoms with Crippen molar-refractivity contribution in [1.29, 1.82) is 0 Å². The summed E-state index contributed by atoms with van der Waals surface area (Å²) in [6.07, 6.45) is 12.0. The molecule has 4 unspecified atom stereocenters. The maximum absolute atomic E-state index is 6.56. The molecule has 4 atom stereocenters. The van der Waals surface area contributed by atoms with Gasteiger partial charge in [0.2, 0.25) is 0 Å². The average molecular weight is 593 g/mol. The van der Waals surface area contributed by atoms with E-state index in [1.165, 1.54) is 74.1 Å². The summed E-state index contributed by atoms with van der Waals surface area (Å²) in [4.78, 5) is 11.3. The van der Waals surface area contributed by atoms with E-state index in [0.29, 0.717) is 35.8 Å². The van der Waals surface area contributed by atoms with Crippen molar-refractivity contribution in [2.75, 3.05) is 13.2 Å². The van der Waals surface area contributed by atoms with E-state index < -0.39 is 16.6 Å². The lowest BCUT2D eigenvalue weighted by Gasteiger charge is -2.34. The highest BCUT2D eigenvalue weighted by atomic mass is 28.4. The normalized spacial score (nSPS) is 29.1. The van der Waals surface area contributed by atoms with Crippen LogP contribution in [0.5, 0.6) is 0 Å². The fourth-order valence-electron chi connectivity index (χ4n) is 6.79. The second-order valence-electron chi connectivity index (χ2n) is 14.1. The Kier molecular flexibility index (Phi) is 15.9. The van der Waals surface area contributed by atoms with E-state index in [9.17, 15) is 0 Å². The highest BCUT2D eigenvalue weighted by Gasteiger charge is 2.31. The molecule has 0 amide bonds. The molecular formula is C34H68N2O2Si2. The Morgan fingerprint density at radius 2 is 0.875 bits per heavy atom. The first-order chi connectivity index (χ1) is 19.0. The van der Waals surface area contributed by atoms with Crippen molar-refractivity contribution in [2.24, 2.45) is 33.7 Å².